The molecule has 3 rings (SSSR count). The van der Waals surface area contributed by atoms with Gasteiger partial charge in [-0.15, -0.1) is 5.10 Å². The molecular formula is C17H14FN3OS3. The third-order valence-electron chi connectivity index (χ3n) is 3.26. The van der Waals surface area contributed by atoms with Crippen molar-refractivity contribution in [3.8, 4) is 5.69 Å². The number of amides is 1. The first kappa shape index (κ1) is 17.8. The fraction of sp³-hybridized carbons (Fsp3) is 0.118. The highest BCUT2D eigenvalue weighted by Gasteiger charge is 2.09. The van der Waals surface area contributed by atoms with Crippen LogP contribution in [0.5, 0.6) is 0 Å². The van der Waals surface area contributed by atoms with E-state index in [9.17, 15) is 9.18 Å². The van der Waals surface area contributed by atoms with E-state index >= 15 is 0 Å². The van der Waals surface area contributed by atoms with E-state index in [1.54, 1.807) is 16.8 Å². The summed E-state index contributed by atoms with van der Waals surface area (Å²) in [5, 5.41) is 7.26. The van der Waals surface area contributed by atoms with E-state index in [4.69, 9.17) is 12.2 Å². The topological polar surface area (TPSA) is 46.9 Å². The molecule has 0 saturated carbocycles. The molecule has 8 heteroatoms. The van der Waals surface area contributed by atoms with E-state index < -0.39 is 0 Å². The van der Waals surface area contributed by atoms with Crippen molar-refractivity contribution in [3.63, 3.8) is 0 Å². The number of carbonyl (C=O) groups excluding carboxylic acids is 1. The van der Waals surface area contributed by atoms with Gasteiger partial charge in [0, 0.05) is 6.54 Å². The maximum absolute atomic E-state index is 13.0. The lowest BCUT2D eigenvalue weighted by atomic mass is 10.2. The monoisotopic (exact) mass is 391 g/mol. The van der Waals surface area contributed by atoms with Crippen LogP contribution in [0.4, 0.5) is 4.39 Å². The molecule has 128 valence electrons. The highest BCUT2D eigenvalue weighted by atomic mass is 32.2. The Morgan fingerprint density at radius 1 is 1.20 bits per heavy atom. The summed E-state index contributed by atoms with van der Waals surface area (Å²) in [5.74, 6) is -0.114. The average Bonchev–Trinajstić information content (AvgIpc) is 3.00. The van der Waals surface area contributed by atoms with Crippen LogP contribution in [0.25, 0.3) is 5.69 Å². The van der Waals surface area contributed by atoms with Crippen molar-refractivity contribution in [1.29, 1.82) is 0 Å². The van der Waals surface area contributed by atoms with E-state index in [-0.39, 0.29) is 17.5 Å². The fourth-order valence-corrected chi connectivity index (χ4v) is 4.23. The number of aromatic nitrogens is 2. The lowest BCUT2D eigenvalue weighted by Gasteiger charge is -2.04. The molecule has 1 N–H and O–H groups in total. The number of hydrogen-bond acceptors (Lipinski definition) is 5. The molecule has 25 heavy (non-hydrogen) atoms. The molecule has 3 aromatic rings. The van der Waals surface area contributed by atoms with Crippen LogP contribution >= 0.6 is 35.3 Å². The number of benzene rings is 2. The first-order valence-corrected chi connectivity index (χ1v) is 9.62. The van der Waals surface area contributed by atoms with Crippen molar-refractivity contribution < 1.29 is 9.18 Å². The SMILES string of the molecule is O=C(CSc1nn(-c2ccc(F)cc2)c(=S)s1)NCc1ccccc1. The van der Waals surface area contributed by atoms with Gasteiger partial charge in [0.25, 0.3) is 0 Å². The van der Waals surface area contributed by atoms with Gasteiger partial charge in [0.05, 0.1) is 11.4 Å². The molecule has 1 heterocycles. The van der Waals surface area contributed by atoms with Gasteiger partial charge in [0.1, 0.15) is 5.82 Å². The average molecular weight is 392 g/mol. The summed E-state index contributed by atoms with van der Waals surface area (Å²) < 4.78 is 15.8. The minimum absolute atomic E-state index is 0.0664. The molecule has 1 amide bonds. The minimum atomic E-state index is -0.310. The van der Waals surface area contributed by atoms with Crippen LogP contribution in [0.15, 0.2) is 58.9 Å². The number of nitrogens with zero attached hydrogens (tertiary/aromatic N) is 2. The summed E-state index contributed by atoms with van der Waals surface area (Å²) in [6, 6.07) is 15.7. The summed E-state index contributed by atoms with van der Waals surface area (Å²) in [7, 11) is 0. The maximum Gasteiger partial charge on any atom is 0.230 e. The van der Waals surface area contributed by atoms with Crippen molar-refractivity contribution in [3.05, 3.63) is 69.9 Å². The third-order valence-corrected chi connectivity index (χ3v) is 5.63. The Morgan fingerprint density at radius 2 is 1.92 bits per heavy atom. The smallest absolute Gasteiger partial charge is 0.230 e. The standard InChI is InChI=1S/C17H14FN3OS3/c18-13-6-8-14(9-7-13)21-17(23)25-16(20-21)24-11-15(22)19-10-12-4-2-1-3-5-12/h1-9H,10-11H2,(H,19,22). The number of hydrogen-bond donors (Lipinski definition) is 1. The maximum atomic E-state index is 13.0. The molecule has 0 spiro atoms. The van der Waals surface area contributed by atoms with Crippen molar-refractivity contribution >= 4 is 41.2 Å². The molecule has 0 saturated heterocycles. The second-order valence-corrected chi connectivity index (χ2v) is 7.92. The van der Waals surface area contributed by atoms with Crippen LogP contribution in [-0.2, 0) is 11.3 Å². The Labute approximate surface area is 157 Å². The fourth-order valence-electron chi connectivity index (χ4n) is 2.04. The number of carbonyl (C=O) groups is 1. The summed E-state index contributed by atoms with van der Waals surface area (Å²) in [6.45, 7) is 0.500. The molecule has 0 aliphatic heterocycles. The highest BCUT2D eigenvalue weighted by Crippen LogP contribution is 2.24. The van der Waals surface area contributed by atoms with Crippen molar-refractivity contribution in [2.24, 2.45) is 0 Å². The molecule has 0 aliphatic carbocycles. The number of rotatable bonds is 6. The Balaban J connectivity index is 1.57. The second-order valence-electron chi connectivity index (χ2n) is 5.07. The highest BCUT2D eigenvalue weighted by molar-refractivity contribution is 8.01. The van der Waals surface area contributed by atoms with E-state index in [2.05, 4.69) is 10.4 Å². The first-order valence-electron chi connectivity index (χ1n) is 7.41. The van der Waals surface area contributed by atoms with Crippen LogP contribution in [0, 0.1) is 9.77 Å². The predicted molar refractivity (Wildman–Crippen MR) is 101 cm³/mol. The lowest BCUT2D eigenvalue weighted by molar-refractivity contribution is -0.118. The van der Waals surface area contributed by atoms with Gasteiger partial charge >= 0.3 is 0 Å². The van der Waals surface area contributed by atoms with Gasteiger partial charge in [-0.2, -0.15) is 0 Å². The molecule has 0 radical (unpaired) electrons. The first-order chi connectivity index (χ1) is 12.1. The zero-order valence-corrected chi connectivity index (χ0v) is 15.5. The molecule has 0 fully saturated rings. The predicted octanol–water partition coefficient (Wildman–Crippen LogP) is 4.21. The minimum Gasteiger partial charge on any atom is -0.351 e. The summed E-state index contributed by atoms with van der Waals surface area (Å²) in [5.41, 5.74) is 1.75. The van der Waals surface area contributed by atoms with Gasteiger partial charge in [-0.05, 0) is 42.0 Å². The van der Waals surface area contributed by atoms with Gasteiger partial charge < -0.3 is 5.32 Å². The molecule has 0 aliphatic rings. The van der Waals surface area contributed by atoms with Crippen LogP contribution in [0.3, 0.4) is 0 Å². The molecule has 0 unspecified atom stereocenters. The van der Waals surface area contributed by atoms with Gasteiger partial charge in [0.15, 0.2) is 8.29 Å². The molecule has 0 atom stereocenters. The van der Waals surface area contributed by atoms with Gasteiger partial charge in [-0.3, -0.25) is 4.79 Å². The van der Waals surface area contributed by atoms with Crippen molar-refractivity contribution in [2.75, 3.05) is 5.75 Å². The third kappa shape index (κ3) is 4.97. The van der Waals surface area contributed by atoms with E-state index in [0.29, 0.717) is 20.5 Å². The summed E-state index contributed by atoms with van der Waals surface area (Å²) in [4.78, 5) is 12.0. The van der Waals surface area contributed by atoms with Gasteiger partial charge in [-0.1, -0.05) is 53.4 Å². The van der Waals surface area contributed by atoms with E-state index in [1.165, 1.54) is 35.2 Å². The number of nitrogens with one attached hydrogen (secondary N) is 1. The van der Waals surface area contributed by atoms with Crippen molar-refractivity contribution in [1.82, 2.24) is 15.1 Å². The normalized spacial score (nSPS) is 10.6. The molecule has 1 aromatic heterocycles. The molecule has 0 bridgehead atoms. The Kier molecular flexibility index (Phi) is 5.95. The van der Waals surface area contributed by atoms with Crippen LogP contribution in [0.2, 0.25) is 0 Å². The van der Waals surface area contributed by atoms with Crippen LogP contribution in [0.1, 0.15) is 5.56 Å². The zero-order valence-electron chi connectivity index (χ0n) is 13.0. The second kappa shape index (κ2) is 8.37. The van der Waals surface area contributed by atoms with Crippen molar-refractivity contribution in [2.45, 2.75) is 10.9 Å². The van der Waals surface area contributed by atoms with Gasteiger partial charge in [0.2, 0.25) is 5.91 Å². The molecule has 2 aromatic carbocycles. The Bertz CT molecular complexity index is 907. The number of thioether (sulfide) groups is 1. The van der Waals surface area contributed by atoms with Gasteiger partial charge in [-0.25, -0.2) is 9.07 Å². The van der Waals surface area contributed by atoms with E-state index in [1.807, 2.05) is 30.3 Å². The zero-order chi connectivity index (χ0) is 17.6. The summed E-state index contributed by atoms with van der Waals surface area (Å²) >= 11 is 7.95. The largest absolute Gasteiger partial charge is 0.351 e. The summed E-state index contributed by atoms with van der Waals surface area (Å²) in [6.07, 6.45) is 0. The number of halogens is 1. The van der Waals surface area contributed by atoms with E-state index in [0.717, 1.165) is 5.56 Å². The molecular weight excluding hydrogens is 377 g/mol. The van der Waals surface area contributed by atoms with Crippen LogP contribution in [-0.4, -0.2) is 21.4 Å². The Hall–Kier alpha value is -2.03. The van der Waals surface area contributed by atoms with Crippen LogP contribution < -0.4 is 5.32 Å². The lowest BCUT2D eigenvalue weighted by Crippen LogP contribution is -2.24. The quantitative estimate of drug-likeness (QED) is 0.505. The Morgan fingerprint density at radius 3 is 2.64 bits per heavy atom. The molecule has 4 nitrogen and oxygen atoms in total.